The zero-order chi connectivity index (χ0) is 10.3. The minimum absolute atomic E-state index is 0.185. The summed E-state index contributed by atoms with van der Waals surface area (Å²) in [6, 6.07) is 0. The summed E-state index contributed by atoms with van der Waals surface area (Å²) in [5.74, 6) is 4.43. The Balaban J connectivity index is 4.13. The Morgan fingerprint density at radius 1 is 1.38 bits per heavy atom. The number of allylic oxidation sites excluding steroid dienone is 1. The van der Waals surface area contributed by atoms with E-state index in [1.165, 1.54) is 0 Å². The molecule has 3 heteroatoms. The number of rotatable bonds is 6. The van der Waals surface area contributed by atoms with Gasteiger partial charge in [-0.1, -0.05) is 0 Å². The Kier molecular flexibility index (Phi) is 7.49. The molecule has 0 radical (unpaired) electrons. The summed E-state index contributed by atoms with van der Waals surface area (Å²) in [4.78, 5) is 0. The summed E-state index contributed by atoms with van der Waals surface area (Å²) < 4.78 is 0.185. The molecule has 0 amide bonds. The van der Waals surface area contributed by atoms with Crippen LogP contribution in [-0.2, 0) is 0 Å². The fourth-order valence-electron chi connectivity index (χ4n) is 0.891. The second-order valence-electron chi connectivity index (χ2n) is 3.09. The molecule has 0 saturated carbocycles. The third-order valence-corrected chi connectivity index (χ3v) is 10.2. The second-order valence-corrected chi connectivity index (χ2v) is 9.67. The molecule has 1 N–H and O–H groups in total. The van der Waals surface area contributed by atoms with E-state index in [1.54, 1.807) is 0 Å². The van der Waals surface area contributed by atoms with E-state index in [9.17, 15) is 5.11 Å². The molecule has 0 aromatic carbocycles. The first kappa shape index (κ1) is 13.7. The molecule has 13 heavy (non-hydrogen) atoms. The van der Waals surface area contributed by atoms with Gasteiger partial charge >= 0.3 is 94.8 Å². The van der Waals surface area contributed by atoms with Crippen LogP contribution < -0.4 is 0 Å². The van der Waals surface area contributed by atoms with Gasteiger partial charge < -0.3 is 0 Å². The van der Waals surface area contributed by atoms with Crippen molar-refractivity contribution < 1.29 is 5.11 Å². The average molecular weight is 314 g/mol. The molecule has 0 rings (SSSR count). The van der Waals surface area contributed by atoms with Crippen LogP contribution in [-0.4, -0.2) is 41.1 Å². The molecular formula is C10H20OSe2. The maximum absolute atomic E-state index is 9.94. The Labute approximate surface area is 94.7 Å². The molecular weight excluding hydrogens is 294 g/mol. The zero-order valence-electron chi connectivity index (χ0n) is 8.91. The van der Waals surface area contributed by atoms with Crippen LogP contribution in [0.3, 0.4) is 0 Å². The SMILES string of the molecule is CCC/C=C/C(O)C(C)([Se]C)[Se]C. The second kappa shape index (κ2) is 7.09. The van der Waals surface area contributed by atoms with E-state index in [0.29, 0.717) is 29.9 Å². The van der Waals surface area contributed by atoms with Gasteiger partial charge in [-0.25, -0.2) is 0 Å². The molecule has 0 aliphatic carbocycles. The number of aliphatic hydroxyl groups excluding tert-OH is 1. The van der Waals surface area contributed by atoms with Crippen LogP contribution in [0.15, 0.2) is 12.2 Å². The van der Waals surface area contributed by atoms with Crippen molar-refractivity contribution in [1.29, 1.82) is 0 Å². The fourth-order valence-corrected chi connectivity index (χ4v) is 4.40. The predicted octanol–water partition coefficient (Wildman–Crippen LogP) is 2.34. The van der Waals surface area contributed by atoms with Crippen molar-refractivity contribution in [3.05, 3.63) is 12.2 Å². The van der Waals surface area contributed by atoms with E-state index in [1.807, 2.05) is 6.08 Å². The van der Waals surface area contributed by atoms with Gasteiger partial charge in [0.05, 0.1) is 0 Å². The quantitative estimate of drug-likeness (QED) is 0.589. The standard InChI is InChI=1S/C10H20OSe2/c1-5-6-7-8-9(11)10(2,12-3)13-4/h7-9,11H,5-6H2,1-4H3/b8-7+. The van der Waals surface area contributed by atoms with Crippen molar-refractivity contribution in [3.63, 3.8) is 0 Å². The average Bonchev–Trinajstić information content (AvgIpc) is 2.17. The number of aliphatic hydroxyl groups is 1. The Hall–Kier alpha value is 0.739. The van der Waals surface area contributed by atoms with Crippen LogP contribution in [0, 0.1) is 0 Å². The number of hydrogen-bond donors (Lipinski definition) is 1. The van der Waals surface area contributed by atoms with E-state index in [-0.39, 0.29) is 9.32 Å². The molecule has 0 bridgehead atoms. The first-order chi connectivity index (χ1) is 6.10. The van der Waals surface area contributed by atoms with Gasteiger partial charge in [0.25, 0.3) is 0 Å². The zero-order valence-corrected chi connectivity index (χ0v) is 12.3. The summed E-state index contributed by atoms with van der Waals surface area (Å²) >= 11 is 1.05. The van der Waals surface area contributed by atoms with E-state index in [4.69, 9.17) is 0 Å². The third-order valence-electron chi connectivity index (χ3n) is 2.12. The number of hydrogen-bond acceptors (Lipinski definition) is 1. The van der Waals surface area contributed by atoms with Crippen molar-refractivity contribution in [3.8, 4) is 0 Å². The van der Waals surface area contributed by atoms with Crippen molar-refractivity contribution in [2.45, 2.75) is 47.6 Å². The first-order valence-corrected chi connectivity index (χ1v) is 9.69. The van der Waals surface area contributed by atoms with Crippen molar-refractivity contribution in [2.24, 2.45) is 0 Å². The normalized spacial score (nSPS) is 15.2. The summed E-state index contributed by atoms with van der Waals surface area (Å²) in [5.41, 5.74) is 0. The van der Waals surface area contributed by atoms with Gasteiger partial charge in [-0.3, -0.25) is 0 Å². The van der Waals surface area contributed by atoms with Crippen molar-refractivity contribution in [1.82, 2.24) is 0 Å². The van der Waals surface area contributed by atoms with Gasteiger partial charge in [0, 0.05) is 0 Å². The van der Waals surface area contributed by atoms with Crippen molar-refractivity contribution in [2.75, 3.05) is 0 Å². The Morgan fingerprint density at radius 3 is 2.31 bits per heavy atom. The van der Waals surface area contributed by atoms with Crippen LogP contribution in [0.25, 0.3) is 0 Å². The molecule has 0 saturated heterocycles. The molecule has 1 unspecified atom stereocenters. The third kappa shape index (κ3) is 4.67. The molecule has 0 fully saturated rings. The fraction of sp³-hybridized carbons (Fsp3) is 0.800. The maximum atomic E-state index is 9.94. The van der Waals surface area contributed by atoms with E-state index in [2.05, 4.69) is 31.6 Å². The van der Waals surface area contributed by atoms with Gasteiger partial charge in [-0.2, -0.15) is 0 Å². The van der Waals surface area contributed by atoms with Crippen molar-refractivity contribution >= 4 is 29.9 Å². The summed E-state index contributed by atoms with van der Waals surface area (Å²) in [6.07, 6.45) is 6.11. The van der Waals surface area contributed by atoms with Gasteiger partial charge in [0.15, 0.2) is 0 Å². The molecule has 0 aromatic heterocycles. The van der Waals surface area contributed by atoms with Gasteiger partial charge in [-0.05, 0) is 0 Å². The summed E-state index contributed by atoms with van der Waals surface area (Å²) in [7, 11) is 0. The Morgan fingerprint density at radius 2 is 1.92 bits per heavy atom. The molecule has 0 aliphatic heterocycles. The van der Waals surface area contributed by atoms with Crippen LogP contribution in [0.5, 0.6) is 0 Å². The summed E-state index contributed by atoms with van der Waals surface area (Å²) in [6.45, 7) is 4.36. The van der Waals surface area contributed by atoms with Gasteiger partial charge in [0.2, 0.25) is 0 Å². The van der Waals surface area contributed by atoms with Crippen LogP contribution >= 0.6 is 0 Å². The van der Waals surface area contributed by atoms with E-state index >= 15 is 0 Å². The topological polar surface area (TPSA) is 20.2 Å². The molecule has 78 valence electrons. The molecule has 1 nitrogen and oxygen atoms in total. The molecule has 0 spiro atoms. The molecule has 0 aromatic rings. The molecule has 1 atom stereocenters. The monoisotopic (exact) mass is 316 g/mol. The van der Waals surface area contributed by atoms with Crippen LogP contribution in [0.2, 0.25) is 14.9 Å². The molecule has 0 aliphatic rings. The van der Waals surface area contributed by atoms with Crippen LogP contribution in [0.4, 0.5) is 0 Å². The number of unbranched alkanes of at least 4 members (excludes halogenated alkanes) is 1. The Bertz CT molecular complexity index is 153. The minimum atomic E-state index is -0.228. The van der Waals surface area contributed by atoms with Gasteiger partial charge in [0.1, 0.15) is 0 Å². The van der Waals surface area contributed by atoms with Gasteiger partial charge in [-0.15, -0.1) is 0 Å². The summed E-state index contributed by atoms with van der Waals surface area (Å²) in [5, 5.41) is 9.94. The van der Waals surface area contributed by atoms with E-state index < -0.39 is 0 Å². The predicted molar refractivity (Wildman–Crippen MR) is 61.7 cm³/mol. The van der Waals surface area contributed by atoms with E-state index in [0.717, 1.165) is 12.8 Å². The molecule has 0 heterocycles. The first-order valence-electron chi connectivity index (χ1n) is 4.55. The van der Waals surface area contributed by atoms with Crippen LogP contribution in [0.1, 0.15) is 26.7 Å².